The van der Waals surface area contributed by atoms with Gasteiger partial charge in [0.25, 0.3) is 0 Å². The van der Waals surface area contributed by atoms with Crippen LogP contribution in [-0.4, -0.2) is 91.4 Å². The van der Waals surface area contributed by atoms with E-state index in [-0.39, 0.29) is 42.5 Å². The molecule has 5 N–H and O–H groups in total. The average molecular weight is 695 g/mol. The Hall–Kier alpha value is -1.66. The molecule has 3 aliphatic heterocycles. The SMILES string of the molecule is CC[C@@H](O)C[C@@H]1O[C@@]2(CCC1C)C[C@@H]1C[C@H](CC(=O)[C@@H](CC(C)C)/C=C/CCC[C@@](C)(O)[C@H](O)C[C@H](O)[C@@H](C)[C@H](O)[C@@H](C)/C=C/C(=O)O1)O2. The number of hydrogen-bond donors (Lipinski definition) is 5. The summed E-state index contributed by atoms with van der Waals surface area (Å²) in [6.45, 7) is 13.2. The minimum absolute atomic E-state index is 0.0367. The van der Waals surface area contributed by atoms with Crippen molar-refractivity contribution in [1.29, 1.82) is 0 Å². The molecular formula is C39H66O10. The predicted octanol–water partition coefficient (Wildman–Crippen LogP) is 5.16. The van der Waals surface area contributed by atoms with Crippen LogP contribution in [-0.2, 0) is 23.8 Å². The molecule has 3 heterocycles. The highest BCUT2D eigenvalue weighted by atomic mass is 16.7. The van der Waals surface area contributed by atoms with Gasteiger partial charge in [0.2, 0.25) is 0 Å². The number of fused-ring (bicyclic) bond motifs is 2. The van der Waals surface area contributed by atoms with Crippen LogP contribution >= 0.6 is 0 Å². The van der Waals surface area contributed by atoms with Crippen LogP contribution in [0.4, 0.5) is 0 Å². The Morgan fingerprint density at radius 1 is 0.980 bits per heavy atom. The maximum Gasteiger partial charge on any atom is 0.330 e. The van der Waals surface area contributed by atoms with Crippen molar-refractivity contribution >= 4 is 11.8 Å². The molecule has 1 unspecified atom stereocenters. The third-order valence-electron chi connectivity index (χ3n) is 11.1. The fourth-order valence-corrected chi connectivity index (χ4v) is 7.53. The predicted molar refractivity (Wildman–Crippen MR) is 187 cm³/mol. The smallest absolute Gasteiger partial charge is 0.330 e. The van der Waals surface area contributed by atoms with Gasteiger partial charge in [-0.25, -0.2) is 4.79 Å². The Labute approximate surface area is 294 Å². The standard InChI is InChI=1S/C39H66O10/c1-8-29(40)19-34-25(4)15-17-39(49-34)23-31-20-30(48-39)21-33(42)28(18-24(2)3)12-10-9-11-16-38(7,46)35(43)22-32(41)27(6)37(45)26(5)13-14-36(44)47-31/h10,12-14,24-32,34-35,37,40-41,43,45-46H,8-9,11,15-23H2,1-7H3/b12-10+,14-13+/t25?,26-,27+,28+,29+,30+,31-,32-,34-,35+,37+,38+,39-/m0/s1. The topological polar surface area (TPSA) is 163 Å². The van der Waals surface area contributed by atoms with Crippen LogP contribution in [0.15, 0.2) is 24.3 Å². The maximum absolute atomic E-state index is 13.9. The van der Waals surface area contributed by atoms with Crippen molar-refractivity contribution in [2.75, 3.05) is 0 Å². The van der Waals surface area contributed by atoms with Gasteiger partial charge in [0.05, 0.1) is 42.2 Å². The Morgan fingerprint density at radius 3 is 2.37 bits per heavy atom. The van der Waals surface area contributed by atoms with Crippen molar-refractivity contribution in [2.45, 2.75) is 180 Å². The normalized spacial score (nSPS) is 42.9. The molecule has 3 rings (SSSR count). The fourth-order valence-electron chi connectivity index (χ4n) is 7.53. The highest BCUT2D eigenvalue weighted by Gasteiger charge is 2.49. The average Bonchev–Trinajstić information content (AvgIpc) is 3.02. The Morgan fingerprint density at radius 2 is 1.69 bits per heavy atom. The number of carbonyl (C=O) groups is 2. The van der Waals surface area contributed by atoms with E-state index in [2.05, 4.69) is 20.8 Å². The fraction of sp³-hybridized carbons (Fsp3) is 0.846. The molecule has 10 nitrogen and oxygen atoms in total. The second kappa shape index (κ2) is 18.7. The molecule has 2 saturated heterocycles. The molecule has 0 aromatic rings. The summed E-state index contributed by atoms with van der Waals surface area (Å²) in [5, 5.41) is 54.1. The molecule has 3 aliphatic rings. The first kappa shape index (κ1) is 41.8. The number of aliphatic hydroxyl groups is 5. The van der Waals surface area contributed by atoms with Crippen LogP contribution in [0.3, 0.4) is 0 Å². The Bertz CT molecular complexity index is 1100. The van der Waals surface area contributed by atoms with Crippen LogP contribution in [0.1, 0.15) is 126 Å². The first-order valence-corrected chi connectivity index (χ1v) is 18.8. The quantitative estimate of drug-likeness (QED) is 0.192. The van der Waals surface area contributed by atoms with Crippen LogP contribution in [0.2, 0.25) is 0 Å². The number of rotatable bonds is 5. The summed E-state index contributed by atoms with van der Waals surface area (Å²) in [4.78, 5) is 27.0. The van der Waals surface area contributed by atoms with E-state index >= 15 is 0 Å². The third-order valence-corrected chi connectivity index (χ3v) is 11.1. The van der Waals surface area contributed by atoms with Crippen molar-refractivity contribution in [3.63, 3.8) is 0 Å². The lowest BCUT2D eigenvalue weighted by Crippen LogP contribution is -2.54. The summed E-state index contributed by atoms with van der Waals surface area (Å²) in [5.41, 5.74) is -1.45. The molecule has 0 aliphatic carbocycles. The van der Waals surface area contributed by atoms with Crippen molar-refractivity contribution in [3.05, 3.63) is 24.3 Å². The molecule has 0 radical (unpaired) electrons. The Balaban J connectivity index is 1.91. The van der Waals surface area contributed by atoms with Crippen molar-refractivity contribution in [3.8, 4) is 0 Å². The summed E-state index contributed by atoms with van der Waals surface area (Å²) in [5.74, 6) is -2.60. The summed E-state index contributed by atoms with van der Waals surface area (Å²) >= 11 is 0. The van der Waals surface area contributed by atoms with Gasteiger partial charge in [-0.2, -0.15) is 0 Å². The number of carbonyl (C=O) groups excluding carboxylic acids is 2. The number of esters is 1. The van der Waals surface area contributed by atoms with Gasteiger partial charge in [-0.1, -0.05) is 59.8 Å². The van der Waals surface area contributed by atoms with E-state index in [1.54, 1.807) is 26.8 Å². The molecule has 10 heteroatoms. The molecule has 2 bridgehead atoms. The highest BCUT2D eigenvalue weighted by Crippen LogP contribution is 2.44. The van der Waals surface area contributed by atoms with E-state index in [1.165, 1.54) is 6.08 Å². The molecular weight excluding hydrogens is 628 g/mol. The van der Waals surface area contributed by atoms with E-state index in [0.717, 1.165) is 6.42 Å². The first-order chi connectivity index (χ1) is 22.9. The van der Waals surface area contributed by atoms with Gasteiger partial charge < -0.3 is 39.7 Å². The number of ether oxygens (including phenoxy) is 3. The summed E-state index contributed by atoms with van der Waals surface area (Å²) in [6.07, 6.45) is 6.87. The summed E-state index contributed by atoms with van der Waals surface area (Å²) < 4.78 is 19.3. The van der Waals surface area contributed by atoms with Gasteiger partial charge in [0, 0.05) is 55.9 Å². The van der Waals surface area contributed by atoms with Gasteiger partial charge in [0.1, 0.15) is 11.9 Å². The van der Waals surface area contributed by atoms with Crippen molar-refractivity contribution < 1.29 is 49.3 Å². The minimum atomic E-state index is -1.45. The van der Waals surface area contributed by atoms with E-state index in [0.29, 0.717) is 57.8 Å². The zero-order valence-electron chi connectivity index (χ0n) is 31.0. The Kier molecular flexibility index (Phi) is 16.0. The number of aliphatic hydroxyl groups excluding tert-OH is 4. The largest absolute Gasteiger partial charge is 0.459 e. The van der Waals surface area contributed by atoms with Gasteiger partial charge in [-0.05, 0) is 63.7 Å². The first-order valence-electron chi connectivity index (χ1n) is 18.8. The van der Waals surface area contributed by atoms with Gasteiger partial charge >= 0.3 is 5.97 Å². The van der Waals surface area contributed by atoms with Crippen LogP contribution in [0.5, 0.6) is 0 Å². The second-order valence-electron chi connectivity index (χ2n) is 16.1. The van der Waals surface area contributed by atoms with Gasteiger partial charge in [-0.3, -0.25) is 4.79 Å². The van der Waals surface area contributed by atoms with Crippen LogP contribution in [0.25, 0.3) is 0 Å². The van der Waals surface area contributed by atoms with E-state index in [1.807, 2.05) is 19.1 Å². The second-order valence-corrected chi connectivity index (χ2v) is 16.1. The molecule has 13 atom stereocenters. The molecule has 0 aromatic heterocycles. The van der Waals surface area contributed by atoms with E-state index in [9.17, 15) is 35.1 Å². The molecule has 0 amide bonds. The zero-order chi connectivity index (χ0) is 36.5. The lowest BCUT2D eigenvalue weighted by Gasteiger charge is -2.50. The van der Waals surface area contributed by atoms with E-state index < -0.39 is 65.8 Å². The number of allylic oxidation sites excluding steroid dienone is 2. The molecule has 282 valence electrons. The number of ketones is 1. The molecule has 0 saturated carbocycles. The molecule has 0 aromatic carbocycles. The third kappa shape index (κ3) is 12.5. The van der Waals surface area contributed by atoms with Gasteiger partial charge in [0.15, 0.2) is 5.79 Å². The van der Waals surface area contributed by atoms with Crippen molar-refractivity contribution in [1.82, 2.24) is 0 Å². The van der Waals surface area contributed by atoms with Gasteiger partial charge in [-0.15, -0.1) is 0 Å². The highest BCUT2D eigenvalue weighted by molar-refractivity contribution is 5.83. The number of hydrogen-bond acceptors (Lipinski definition) is 10. The summed E-state index contributed by atoms with van der Waals surface area (Å²) in [7, 11) is 0. The maximum atomic E-state index is 13.9. The minimum Gasteiger partial charge on any atom is -0.459 e. The van der Waals surface area contributed by atoms with Crippen molar-refractivity contribution in [2.24, 2.45) is 29.6 Å². The number of Topliss-reactive ketones (excluding diaryl/α,β-unsaturated/α-hetero) is 1. The lowest BCUT2D eigenvalue weighted by molar-refractivity contribution is -0.336. The molecule has 49 heavy (non-hydrogen) atoms. The lowest BCUT2D eigenvalue weighted by atomic mass is 9.82. The zero-order valence-corrected chi connectivity index (χ0v) is 31.0. The molecule has 1 spiro atoms. The van der Waals surface area contributed by atoms with E-state index in [4.69, 9.17) is 14.2 Å². The van der Waals surface area contributed by atoms with Crippen LogP contribution < -0.4 is 0 Å². The monoisotopic (exact) mass is 694 g/mol. The summed E-state index contributed by atoms with van der Waals surface area (Å²) in [6, 6.07) is 0. The molecule has 2 fully saturated rings. The van der Waals surface area contributed by atoms with Crippen LogP contribution in [0, 0.1) is 29.6 Å².